The zero-order valence-corrected chi connectivity index (χ0v) is 14.7. The summed E-state index contributed by atoms with van der Waals surface area (Å²) >= 11 is 0. The van der Waals surface area contributed by atoms with Gasteiger partial charge >= 0.3 is 0 Å². The van der Waals surface area contributed by atoms with E-state index in [-0.39, 0.29) is 17.6 Å². The fraction of sp³-hybridized carbons (Fsp3) is 0.619. The summed E-state index contributed by atoms with van der Waals surface area (Å²) in [6, 6.07) is 3.79. The maximum atomic E-state index is 12.8. The lowest BCUT2D eigenvalue weighted by Crippen LogP contribution is -2.73. The second kappa shape index (κ2) is 4.69. The van der Waals surface area contributed by atoms with E-state index in [0.717, 1.165) is 49.3 Å². The first-order valence-corrected chi connectivity index (χ1v) is 9.86. The van der Waals surface area contributed by atoms with Gasteiger partial charge in [0.1, 0.15) is 6.29 Å². The number of carbonyl (C=O) groups is 2. The van der Waals surface area contributed by atoms with Crippen LogP contribution in [0.1, 0.15) is 43.2 Å². The van der Waals surface area contributed by atoms with Crippen LogP contribution in [0.2, 0.25) is 0 Å². The van der Waals surface area contributed by atoms with Crippen LogP contribution >= 0.6 is 0 Å². The van der Waals surface area contributed by atoms with Crippen LogP contribution in [0.3, 0.4) is 0 Å². The Hall–Kier alpha value is -1.88. The second-order valence-electron chi connectivity index (χ2n) is 8.95. The molecule has 4 atom stereocenters. The molecule has 1 saturated heterocycles. The standard InChI is InChI=1S/C21H23NO4/c23-11-20-6-5-15(25)19-21(20)7-8-22(10-12-1-2-12)16(20)9-13-3-4-14(24)18(26-19)17(13)21/h3-4,11-12,16,19,24H,1-2,5-10H2/t16-,19-,20-,21-/m1/s1. The molecule has 3 aliphatic carbocycles. The highest BCUT2D eigenvalue weighted by Crippen LogP contribution is 2.67. The largest absolute Gasteiger partial charge is 0.504 e. The predicted octanol–water partition coefficient (Wildman–Crippen LogP) is 1.98. The van der Waals surface area contributed by atoms with Crippen molar-refractivity contribution < 1.29 is 19.4 Å². The molecule has 0 unspecified atom stereocenters. The van der Waals surface area contributed by atoms with Gasteiger partial charge in [-0.05, 0) is 56.2 Å². The van der Waals surface area contributed by atoms with E-state index in [1.165, 1.54) is 12.8 Å². The summed E-state index contributed by atoms with van der Waals surface area (Å²) in [5, 5.41) is 10.4. The lowest BCUT2D eigenvalue weighted by molar-refractivity contribution is -0.160. The fourth-order valence-electron chi connectivity index (χ4n) is 6.61. The maximum Gasteiger partial charge on any atom is 0.174 e. The van der Waals surface area contributed by atoms with Gasteiger partial charge in [0, 0.05) is 24.6 Å². The summed E-state index contributed by atoms with van der Waals surface area (Å²) < 4.78 is 6.10. The van der Waals surface area contributed by atoms with Gasteiger partial charge in [-0.3, -0.25) is 9.69 Å². The number of aromatic hydroxyl groups is 1. The zero-order valence-electron chi connectivity index (χ0n) is 14.7. The summed E-state index contributed by atoms with van der Waals surface area (Å²) in [7, 11) is 0. The van der Waals surface area contributed by atoms with Gasteiger partial charge in [-0.2, -0.15) is 0 Å². The van der Waals surface area contributed by atoms with E-state index in [4.69, 9.17) is 4.74 Å². The molecular weight excluding hydrogens is 330 g/mol. The number of aldehydes is 1. The number of benzene rings is 1. The average Bonchev–Trinajstić information content (AvgIpc) is 3.38. The van der Waals surface area contributed by atoms with Crippen LogP contribution in [0, 0.1) is 11.3 Å². The molecule has 26 heavy (non-hydrogen) atoms. The monoisotopic (exact) mass is 353 g/mol. The highest BCUT2D eigenvalue weighted by molar-refractivity contribution is 5.92. The Labute approximate surface area is 152 Å². The molecule has 5 nitrogen and oxygen atoms in total. The van der Waals surface area contributed by atoms with Crippen molar-refractivity contribution in [3.63, 3.8) is 0 Å². The van der Waals surface area contributed by atoms with Crippen LogP contribution < -0.4 is 4.74 Å². The highest BCUT2D eigenvalue weighted by Gasteiger charge is 2.73. The van der Waals surface area contributed by atoms with Crippen molar-refractivity contribution in [2.45, 2.75) is 56.1 Å². The lowest BCUT2D eigenvalue weighted by Gasteiger charge is -2.63. The first-order chi connectivity index (χ1) is 12.6. The molecule has 0 radical (unpaired) electrons. The molecule has 0 amide bonds. The van der Waals surface area contributed by atoms with E-state index in [1.807, 2.05) is 6.07 Å². The molecule has 2 saturated carbocycles. The molecule has 2 aliphatic heterocycles. The normalized spacial score (nSPS) is 40.1. The minimum Gasteiger partial charge on any atom is -0.504 e. The Morgan fingerprint density at radius 1 is 1.31 bits per heavy atom. The van der Waals surface area contributed by atoms with Crippen molar-refractivity contribution in [3.8, 4) is 11.5 Å². The Morgan fingerprint density at radius 3 is 2.92 bits per heavy atom. The number of rotatable bonds is 3. The number of hydrogen-bond donors (Lipinski definition) is 1. The average molecular weight is 353 g/mol. The smallest absolute Gasteiger partial charge is 0.174 e. The van der Waals surface area contributed by atoms with Gasteiger partial charge in [-0.1, -0.05) is 6.07 Å². The van der Waals surface area contributed by atoms with E-state index in [2.05, 4.69) is 4.90 Å². The minimum atomic E-state index is -0.616. The molecule has 0 aromatic heterocycles. The fourth-order valence-corrected chi connectivity index (χ4v) is 6.61. The third kappa shape index (κ3) is 1.54. The molecule has 1 aromatic carbocycles. The number of carbonyl (C=O) groups excluding carboxylic acids is 2. The first kappa shape index (κ1) is 15.2. The Balaban J connectivity index is 1.61. The van der Waals surface area contributed by atoms with Crippen molar-refractivity contribution in [1.29, 1.82) is 0 Å². The van der Waals surface area contributed by atoms with Gasteiger partial charge < -0.3 is 14.6 Å². The number of piperidine rings is 1. The molecule has 1 spiro atoms. The second-order valence-corrected chi connectivity index (χ2v) is 8.95. The third-order valence-corrected chi connectivity index (χ3v) is 7.90. The first-order valence-electron chi connectivity index (χ1n) is 9.86. The van der Waals surface area contributed by atoms with Crippen LogP contribution in [0.4, 0.5) is 0 Å². The van der Waals surface area contributed by atoms with Crippen LogP contribution in [0.5, 0.6) is 11.5 Å². The van der Waals surface area contributed by atoms with Gasteiger partial charge in [0.05, 0.1) is 10.8 Å². The number of nitrogens with zero attached hydrogens (tertiary/aromatic N) is 1. The molecule has 3 fully saturated rings. The van der Waals surface area contributed by atoms with Gasteiger partial charge in [0.2, 0.25) is 0 Å². The van der Waals surface area contributed by atoms with Crippen molar-refractivity contribution in [2.75, 3.05) is 13.1 Å². The number of hydrogen-bond acceptors (Lipinski definition) is 5. The van der Waals surface area contributed by atoms with Crippen LogP contribution in [-0.4, -0.2) is 47.3 Å². The summed E-state index contributed by atoms with van der Waals surface area (Å²) in [5.41, 5.74) is 0.948. The van der Waals surface area contributed by atoms with E-state index in [9.17, 15) is 14.7 Å². The Bertz CT molecular complexity index is 847. The number of ether oxygens (including phenoxy) is 1. The SMILES string of the molecule is O=C[C@@]12CCC(=O)[C@H]3Oc4c(O)ccc5c4[C@]31CCN(CC1CC1)[C@@H]2C5. The molecule has 5 heteroatoms. The quantitative estimate of drug-likeness (QED) is 0.842. The number of Topliss-reactive ketones (excluding diaryl/α,β-unsaturated/α-hetero) is 1. The minimum absolute atomic E-state index is 0.0836. The molecule has 2 bridgehead atoms. The summed E-state index contributed by atoms with van der Waals surface area (Å²) in [6.45, 7) is 1.97. The number of phenolic OH excluding ortho intramolecular Hbond substituents is 1. The molecule has 2 heterocycles. The Morgan fingerprint density at radius 2 is 2.15 bits per heavy atom. The number of ketones is 1. The van der Waals surface area contributed by atoms with Crippen LogP contribution in [0.25, 0.3) is 0 Å². The molecule has 136 valence electrons. The van der Waals surface area contributed by atoms with Crippen molar-refractivity contribution in [2.24, 2.45) is 11.3 Å². The molecule has 1 aromatic rings. The van der Waals surface area contributed by atoms with E-state index in [0.29, 0.717) is 18.6 Å². The predicted molar refractivity (Wildman–Crippen MR) is 93.3 cm³/mol. The van der Waals surface area contributed by atoms with Gasteiger partial charge in [0.25, 0.3) is 0 Å². The van der Waals surface area contributed by atoms with Gasteiger partial charge in [-0.25, -0.2) is 0 Å². The highest BCUT2D eigenvalue weighted by atomic mass is 16.5. The van der Waals surface area contributed by atoms with Crippen LogP contribution in [-0.2, 0) is 21.4 Å². The van der Waals surface area contributed by atoms with Gasteiger partial charge in [0.15, 0.2) is 23.4 Å². The Kier molecular flexibility index (Phi) is 2.74. The van der Waals surface area contributed by atoms with E-state index >= 15 is 0 Å². The van der Waals surface area contributed by atoms with Gasteiger partial charge in [-0.15, -0.1) is 0 Å². The summed E-state index contributed by atoms with van der Waals surface area (Å²) in [6.07, 6.45) is 5.69. The third-order valence-electron chi connectivity index (χ3n) is 7.90. The topological polar surface area (TPSA) is 66.8 Å². The molecule has 1 N–H and O–H groups in total. The van der Waals surface area contributed by atoms with E-state index in [1.54, 1.807) is 6.07 Å². The van der Waals surface area contributed by atoms with E-state index < -0.39 is 16.9 Å². The van der Waals surface area contributed by atoms with Crippen molar-refractivity contribution in [3.05, 3.63) is 23.3 Å². The summed E-state index contributed by atoms with van der Waals surface area (Å²) in [5.74, 6) is 1.41. The lowest BCUT2D eigenvalue weighted by atomic mass is 9.44. The zero-order chi connectivity index (χ0) is 17.7. The summed E-state index contributed by atoms with van der Waals surface area (Å²) in [4.78, 5) is 28.0. The molecular formula is C21H23NO4. The van der Waals surface area contributed by atoms with Crippen molar-refractivity contribution in [1.82, 2.24) is 4.90 Å². The van der Waals surface area contributed by atoms with Crippen molar-refractivity contribution >= 4 is 12.1 Å². The molecule has 5 aliphatic rings. The number of phenols is 1. The maximum absolute atomic E-state index is 12.8. The van der Waals surface area contributed by atoms with Crippen LogP contribution in [0.15, 0.2) is 12.1 Å². The number of likely N-dealkylation sites (tertiary alicyclic amines) is 1. The molecule has 6 rings (SSSR count).